The monoisotopic (exact) mass is 596 g/mol. The van der Waals surface area contributed by atoms with Gasteiger partial charge in [-0.2, -0.15) is 10.5 Å². The summed E-state index contributed by atoms with van der Waals surface area (Å²) in [6.45, 7) is 8.55. The van der Waals surface area contributed by atoms with Crippen molar-refractivity contribution in [3.8, 4) is 23.5 Å². The maximum absolute atomic E-state index is 10.8. The molecule has 8 rings (SSSR count). The summed E-state index contributed by atoms with van der Waals surface area (Å²) in [6, 6.07) is 33.5. The van der Waals surface area contributed by atoms with E-state index in [-0.39, 0.29) is 5.92 Å². The van der Waals surface area contributed by atoms with Gasteiger partial charge in [0.2, 0.25) is 0 Å². The highest BCUT2D eigenvalue weighted by molar-refractivity contribution is 6.11. The van der Waals surface area contributed by atoms with Crippen molar-refractivity contribution in [3.63, 3.8) is 0 Å². The van der Waals surface area contributed by atoms with Crippen molar-refractivity contribution in [2.24, 2.45) is 0 Å². The van der Waals surface area contributed by atoms with Crippen LogP contribution in [0.2, 0.25) is 0 Å². The van der Waals surface area contributed by atoms with Gasteiger partial charge < -0.3 is 9.13 Å². The highest BCUT2D eigenvalue weighted by Gasteiger charge is 2.31. The van der Waals surface area contributed by atoms with E-state index >= 15 is 0 Å². The number of aryl methyl sites for hydroxylation is 4. The third kappa shape index (κ3) is 4.18. The lowest BCUT2D eigenvalue weighted by molar-refractivity contribution is 0.442. The molecule has 2 aromatic heterocycles. The van der Waals surface area contributed by atoms with Crippen LogP contribution in [0.1, 0.15) is 77.0 Å². The van der Waals surface area contributed by atoms with Gasteiger partial charge in [-0.1, -0.05) is 65.8 Å². The molecular formula is C42H36N4. The molecule has 1 aliphatic rings. The molecule has 4 heteroatoms. The molecule has 0 unspecified atom stereocenters. The zero-order valence-corrected chi connectivity index (χ0v) is 26.9. The highest BCUT2D eigenvalue weighted by Crippen LogP contribution is 2.47. The molecule has 224 valence electrons. The van der Waals surface area contributed by atoms with Crippen molar-refractivity contribution in [2.75, 3.05) is 0 Å². The van der Waals surface area contributed by atoms with Gasteiger partial charge in [0.25, 0.3) is 0 Å². The normalized spacial score (nSPS) is 14.0. The lowest BCUT2D eigenvalue weighted by atomic mass is 9.80. The largest absolute Gasteiger partial charge is 0.308 e. The molecule has 46 heavy (non-hydrogen) atoms. The third-order valence-electron chi connectivity index (χ3n) is 10.2. The molecule has 0 spiro atoms. The minimum atomic E-state index is 0.214. The Bertz CT molecular complexity index is 2190. The molecule has 0 N–H and O–H groups in total. The molecule has 0 bridgehead atoms. The van der Waals surface area contributed by atoms with Gasteiger partial charge >= 0.3 is 0 Å². The summed E-state index contributed by atoms with van der Waals surface area (Å²) in [4.78, 5) is 0. The first-order valence-corrected chi connectivity index (χ1v) is 16.4. The van der Waals surface area contributed by atoms with Crippen molar-refractivity contribution >= 4 is 43.6 Å². The molecule has 7 aromatic rings. The molecule has 0 radical (unpaired) electrons. The fourth-order valence-electron chi connectivity index (χ4n) is 8.10. The van der Waals surface area contributed by atoms with Crippen molar-refractivity contribution in [1.82, 2.24) is 9.13 Å². The summed E-state index contributed by atoms with van der Waals surface area (Å²) in [5, 5.41) is 26.4. The Morgan fingerprint density at radius 3 is 1.17 bits per heavy atom. The van der Waals surface area contributed by atoms with Gasteiger partial charge in [0.1, 0.15) is 12.1 Å². The summed E-state index contributed by atoms with van der Waals surface area (Å²) in [5.41, 5.74) is 13.2. The van der Waals surface area contributed by atoms with Crippen LogP contribution in [-0.4, -0.2) is 9.13 Å². The molecule has 0 atom stereocenters. The fraction of sp³-hybridized carbons (Fsp3) is 0.238. The van der Waals surface area contributed by atoms with Crippen LogP contribution in [0, 0.1) is 50.4 Å². The van der Waals surface area contributed by atoms with Gasteiger partial charge in [-0.3, -0.25) is 0 Å². The molecule has 4 nitrogen and oxygen atoms in total. The Labute approximate surface area is 269 Å². The van der Waals surface area contributed by atoms with Gasteiger partial charge in [0, 0.05) is 27.1 Å². The van der Waals surface area contributed by atoms with Crippen LogP contribution in [0.15, 0.2) is 78.9 Å². The average molecular weight is 597 g/mol. The Hall–Kier alpha value is -5.32. The number of fused-ring (bicyclic) bond motifs is 6. The Morgan fingerprint density at radius 2 is 0.848 bits per heavy atom. The van der Waals surface area contributed by atoms with E-state index in [9.17, 15) is 10.5 Å². The van der Waals surface area contributed by atoms with Crippen LogP contribution in [-0.2, 0) is 0 Å². The van der Waals surface area contributed by atoms with Crippen molar-refractivity contribution in [2.45, 2.75) is 65.7 Å². The number of nitriles is 2. The Balaban J connectivity index is 1.61. The number of aromatic nitrogens is 2. The van der Waals surface area contributed by atoms with E-state index in [0.717, 1.165) is 64.7 Å². The van der Waals surface area contributed by atoms with Crippen molar-refractivity contribution in [3.05, 3.63) is 118 Å². The SMILES string of the molecule is Cc1ccc2c(c1)c1cc(C)ccc1n2-c1c(C#N)cc(C#N)c(-n2c3ccc(C)cc3c3cc(C)ccc32)c1C1CCCCC1. The van der Waals surface area contributed by atoms with Crippen LogP contribution in [0.4, 0.5) is 0 Å². The first kappa shape index (κ1) is 28.2. The van der Waals surface area contributed by atoms with Crippen LogP contribution < -0.4 is 0 Å². The van der Waals surface area contributed by atoms with Crippen molar-refractivity contribution < 1.29 is 0 Å². The van der Waals surface area contributed by atoms with Crippen molar-refractivity contribution in [1.29, 1.82) is 10.5 Å². The lowest BCUT2D eigenvalue weighted by Crippen LogP contribution is -2.16. The van der Waals surface area contributed by atoms with E-state index in [2.05, 4.69) is 122 Å². The lowest BCUT2D eigenvalue weighted by Gasteiger charge is -2.30. The number of hydrogen-bond acceptors (Lipinski definition) is 2. The Morgan fingerprint density at radius 1 is 0.500 bits per heavy atom. The molecule has 0 saturated heterocycles. The number of rotatable bonds is 3. The second kappa shape index (κ2) is 10.6. The van der Waals surface area contributed by atoms with Gasteiger partial charge in [-0.25, -0.2) is 0 Å². The number of benzene rings is 5. The van der Waals surface area contributed by atoms with E-state index in [0.29, 0.717) is 11.1 Å². The fourth-order valence-corrected chi connectivity index (χ4v) is 8.10. The summed E-state index contributed by atoms with van der Waals surface area (Å²) in [7, 11) is 0. The second-order valence-corrected chi connectivity index (χ2v) is 13.4. The van der Waals surface area contributed by atoms with Gasteiger partial charge in [-0.05, 0) is 101 Å². The molecule has 1 fully saturated rings. The third-order valence-corrected chi connectivity index (χ3v) is 10.2. The Kier molecular flexibility index (Phi) is 6.52. The molecule has 0 amide bonds. The standard InChI is InChI=1S/C42H36N4/c1-25-10-14-36-32(18-25)33-19-26(2)11-15-37(33)45(36)41-30(23-43)22-31(24-44)42(40(41)29-8-6-5-7-9-29)46-38-16-12-27(3)20-34(38)35-21-28(4)13-17-39(35)46/h10-22,29H,5-9H2,1-4H3. The topological polar surface area (TPSA) is 57.4 Å². The maximum Gasteiger partial charge on any atom is 0.101 e. The first-order chi connectivity index (χ1) is 22.4. The van der Waals surface area contributed by atoms with E-state index in [1.54, 1.807) is 0 Å². The molecule has 1 aliphatic carbocycles. The molecule has 5 aromatic carbocycles. The zero-order chi connectivity index (χ0) is 31.7. The highest BCUT2D eigenvalue weighted by atomic mass is 15.0. The predicted octanol–water partition coefficient (Wildman–Crippen LogP) is 10.9. The minimum Gasteiger partial charge on any atom is -0.308 e. The first-order valence-electron chi connectivity index (χ1n) is 16.4. The number of hydrogen-bond donors (Lipinski definition) is 0. The summed E-state index contributed by atoms with van der Waals surface area (Å²) in [6.07, 6.45) is 5.56. The summed E-state index contributed by atoms with van der Waals surface area (Å²) < 4.78 is 4.66. The maximum atomic E-state index is 10.8. The molecule has 2 heterocycles. The summed E-state index contributed by atoms with van der Waals surface area (Å²) >= 11 is 0. The van der Waals surface area contributed by atoms with Gasteiger partial charge in [0.15, 0.2) is 0 Å². The number of nitrogens with zero attached hydrogens (tertiary/aromatic N) is 4. The quantitative estimate of drug-likeness (QED) is 0.204. The average Bonchev–Trinajstić information content (AvgIpc) is 3.54. The van der Waals surface area contributed by atoms with Gasteiger partial charge in [0.05, 0.1) is 44.6 Å². The van der Waals surface area contributed by atoms with Crippen LogP contribution in [0.3, 0.4) is 0 Å². The van der Waals surface area contributed by atoms with Crippen LogP contribution >= 0.6 is 0 Å². The predicted molar refractivity (Wildman–Crippen MR) is 189 cm³/mol. The van der Waals surface area contributed by atoms with E-state index in [1.165, 1.54) is 50.2 Å². The van der Waals surface area contributed by atoms with E-state index in [1.807, 2.05) is 6.07 Å². The second-order valence-electron chi connectivity index (χ2n) is 13.4. The van der Waals surface area contributed by atoms with Crippen LogP contribution in [0.5, 0.6) is 0 Å². The smallest absolute Gasteiger partial charge is 0.101 e. The minimum absolute atomic E-state index is 0.214. The molecule has 0 aliphatic heterocycles. The van der Waals surface area contributed by atoms with Gasteiger partial charge in [-0.15, -0.1) is 0 Å². The van der Waals surface area contributed by atoms with Crippen LogP contribution in [0.25, 0.3) is 55.0 Å². The molecular weight excluding hydrogens is 560 g/mol. The van der Waals surface area contributed by atoms with E-state index in [4.69, 9.17) is 0 Å². The molecule has 1 saturated carbocycles. The van der Waals surface area contributed by atoms with E-state index < -0.39 is 0 Å². The summed E-state index contributed by atoms with van der Waals surface area (Å²) in [5.74, 6) is 0.214. The zero-order valence-electron chi connectivity index (χ0n) is 26.9.